The monoisotopic (exact) mass is 224 g/mol. The maximum absolute atomic E-state index is 5.37. The van der Waals surface area contributed by atoms with Crippen molar-refractivity contribution in [2.24, 2.45) is 5.92 Å². The Labute approximate surface area is 105 Å². The highest BCUT2D eigenvalue weighted by molar-refractivity contribution is 5.35. The van der Waals surface area contributed by atoms with Crippen molar-refractivity contribution < 1.29 is 0 Å². The van der Waals surface area contributed by atoms with Crippen LogP contribution in [0.1, 0.15) is 49.1 Å². The van der Waals surface area contributed by atoms with Crippen molar-refractivity contribution >= 4 is 0 Å². The molecular weight excluding hydrogens is 204 g/mol. The first-order valence-electron chi connectivity index (χ1n) is 6.51. The Kier molecular flexibility index (Phi) is 4.04. The lowest BCUT2D eigenvalue weighted by molar-refractivity contribution is 0.328. The van der Waals surface area contributed by atoms with Gasteiger partial charge in [0.2, 0.25) is 0 Å². The molecule has 0 nitrogen and oxygen atoms in total. The van der Waals surface area contributed by atoms with Crippen molar-refractivity contribution in [2.45, 2.75) is 38.0 Å². The van der Waals surface area contributed by atoms with Crippen LogP contribution in [0.3, 0.4) is 0 Å². The third-order valence-corrected chi connectivity index (χ3v) is 3.90. The second kappa shape index (κ2) is 5.73. The minimum absolute atomic E-state index is 0.739. The van der Waals surface area contributed by atoms with Crippen LogP contribution in [0.25, 0.3) is 0 Å². The molecular formula is C17H20. The number of benzene rings is 1. The molecule has 1 aliphatic rings. The lowest BCUT2D eigenvalue weighted by Crippen LogP contribution is -2.12. The van der Waals surface area contributed by atoms with Gasteiger partial charge in [-0.15, -0.1) is 13.0 Å². The van der Waals surface area contributed by atoms with E-state index in [0.717, 1.165) is 17.4 Å². The third kappa shape index (κ3) is 3.01. The summed E-state index contributed by atoms with van der Waals surface area (Å²) in [6.07, 6.45) is 13.9. The summed E-state index contributed by atoms with van der Waals surface area (Å²) >= 11 is 0. The van der Waals surface area contributed by atoms with Crippen LogP contribution in [0.2, 0.25) is 0 Å². The lowest BCUT2D eigenvalue weighted by atomic mass is 9.77. The second-order valence-corrected chi connectivity index (χ2v) is 5.01. The van der Waals surface area contributed by atoms with Crippen molar-refractivity contribution in [3.8, 4) is 12.3 Å². The molecule has 1 aromatic rings. The van der Waals surface area contributed by atoms with Gasteiger partial charge in [0, 0.05) is 5.56 Å². The standard InChI is InChI=1S/C17H20/c1-3-5-15-8-12-17(13-9-15)16-10-6-14(4-2)7-11-16/h2-3,6-7,10-11,15,17H,1,5,8-9,12-13H2. The average Bonchev–Trinajstić information content (AvgIpc) is 2.40. The van der Waals surface area contributed by atoms with E-state index in [1.165, 1.54) is 37.7 Å². The van der Waals surface area contributed by atoms with Gasteiger partial charge in [0.25, 0.3) is 0 Å². The molecule has 2 rings (SSSR count). The number of hydrogen-bond donors (Lipinski definition) is 0. The summed E-state index contributed by atoms with van der Waals surface area (Å²) in [6.45, 7) is 3.83. The van der Waals surface area contributed by atoms with Gasteiger partial charge in [-0.1, -0.05) is 24.1 Å². The fourth-order valence-electron chi connectivity index (χ4n) is 2.82. The van der Waals surface area contributed by atoms with Crippen LogP contribution in [0, 0.1) is 18.3 Å². The van der Waals surface area contributed by atoms with Crippen LogP contribution in [-0.4, -0.2) is 0 Å². The summed E-state index contributed by atoms with van der Waals surface area (Å²) < 4.78 is 0. The second-order valence-electron chi connectivity index (χ2n) is 5.01. The molecule has 0 aliphatic heterocycles. The molecule has 0 radical (unpaired) electrons. The molecule has 0 unspecified atom stereocenters. The van der Waals surface area contributed by atoms with Gasteiger partial charge in [0.05, 0.1) is 0 Å². The highest BCUT2D eigenvalue weighted by Crippen LogP contribution is 2.37. The predicted octanol–water partition coefficient (Wildman–Crippen LogP) is 4.52. The number of allylic oxidation sites excluding steroid dienone is 1. The van der Waals surface area contributed by atoms with Gasteiger partial charge in [-0.25, -0.2) is 0 Å². The minimum Gasteiger partial charge on any atom is -0.115 e. The molecule has 88 valence electrons. The average molecular weight is 224 g/mol. The zero-order valence-corrected chi connectivity index (χ0v) is 10.4. The molecule has 0 spiro atoms. The Balaban J connectivity index is 1.96. The van der Waals surface area contributed by atoms with Crippen LogP contribution in [-0.2, 0) is 0 Å². The van der Waals surface area contributed by atoms with E-state index in [1.54, 1.807) is 0 Å². The third-order valence-electron chi connectivity index (χ3n) is 3.90. The van der Waals surface area contributed by atoms with Gasteiger partial charge < -0.3 is 0 Å². The summed E-state index contributed by atoms with van der Waals surface area (Å²) in [5.74, 6) is 4.28. The molecule has 1 aromatic carbocycles. The van der Waals surface area contributed by atoms with Gasteiger partial charge in [-0.3, -0.25) is 0 Å². The molecule has 0 heteroatoms. The first kappa shape index (κ1) is 12.0. The molecule has 0 N–H and O–H groups in total. The van der Waals surface area contributed by atoms with Crippen molar-refractivity contribution in [2.75, 3.05) is 0 Å². The van der Waals surface area contributed by atoms with E-state index in [4.69, 9.17) is 6.42 Å². The maximum atomic E-state index is 5.37. The molecule has 0 atom stereocenters. The van der Waals surface area contributed by atoms with Gasteiger partial charge in [-0.2, -0.15) is 0 Å². The van der Waals surface area contributed by atoms with Crippen LogP contribution < -0.4 is 0 Å². The van der Waals surface area contributed by atoms with Crippen LogP contribution in [0.15, 0.2) is 36.9 Å². The quantitative estimate of drug-likeness (QED) is 0.523. The summed E-state index contributed by atoms with van der Waals surface area (Å²) in [4.78, 5) is 0. The van der Waals surface area contributed by atoms with E-state index in [2.05, 4.69) is 42.8 Å². The number of rotatable bonds is 3. The highest BCUT2D eigenvalue weighted by Gasteiger charge is 2.21. The van der Waals surface area contributed by atoms with E-state index in [9.17, 15) is 0 Å². The molecule has 1 saturated carbocycles. The first-order chi connectivity index (χ1) is 8.33. The van der Waals surface area contributed by atoms with Gasteiger partial charge >= 0.3 is 0 Å². The maximum Gasteiger partial charge on any atom is 0.0242 e. The van der Waals surface area contributed by atoms with E-state index < -0.39 is 0 Å². The van der Waals surface area contributed by atoms with Crippen molar-refractivity contribution in [3.63, 3.8) is 0 Å². The van der Waals surface area contributed by atoms with E-state index in [1.807, 2.05) is 0 Å². The Morgan fingerprint density at radius 3 is 2.35 bits per heavy atom. The van der Waals surface area contributed by atoms with Gasteiger partial charge in [-0.05, 0) is 61.6 Å². The van der Waals surface area contributed by atoms with Crippen molar-refractivity contribution in [3.05, 3.63) is 48.0 Å². The van der Waals surface area contributed by atoms with Crippen LogP contribution in [0.4, 0.5) is 0 Å². The first-order valence-corrected chi connectivity index (χ1v) is 6.51. The van der Waals surface area contributed by atoms with Gasteiger partial charge in [0.1, 0.15) is 0 Å². The molecule has 17 heavy (non-hydrogen) atoms. The molecule has 0 amide bonds. The van der Waals surface area contributed by atoms with E-state index in [-0.39, 0.29) is 0 Å². The minimum atomic E-state index is 0.739. The fraction of sp³-hybridized carbons (Fsp3) is 0.412. The molecule has 1 fully saturated rings. The zero-order chi connectivity index (χ0) is 12.1. The smallest absolute Gasteiger partial charge is 0.0242 e. The molecule has 0 aromatic heterocycles. The summed E-state index contributed by atoms with van der Waals surface area (Å²) in [5, 5.41) is 0. The molecule has 0 heterocycles. The molecule has 0 saturated heterocycles. The fourth-order valence-corrected chi connectivity index (χ4v) is 2.82. The Morgan fingerprint density at radius 1 is 1.18 bits per heavy atom. The zero-order valence-electron chi connectivity index (χ0n) is 10.4. The normalized spacial score (nSPS) is 23.9. The summed E-state index contributed by atoms with van der Waals surface area (Å²) in [6, 6.07) is 8.53. The van der Waals surface area contributed by atoms with Crippen LogP contribution in [0.5, 0.6) is 0 Å². The largest absolute Gasteiger partial charge is 0.115 e. The highest BCUT2D eigenvalue weighted by atomic mass is 14.3. The van der Waals surface area contributed by atoms with E-state index >= 15 is 0 Å². The predicted molar refractivity (Wildman–Crippen MR) is 73.9 cm³/mol. The SMILES string of the molecule is C#Cc1ccc(C2CCC(CC=C)CC2)cc1. The lowest BCUT2D eigenvalue weighted by Gasteiger charge is -2.28. The number of hydrogen-bond acceptors (Lipinski definition) is 0. The summed E-state index contributed by atoms with van der Waals surface area (Å²) in [5.41, 5.74) is 2.44. The topological polar surface area (TPSA) is 0 Å². The number of terminal acetylenes is 1. The molecule has 1 aliphatic carbocycles. The van der Waals surface area contributed by atoms with Gasteiger partial charge in [0.15, 0.2) is 0 Å². The summed E-state index contributed by atoms with van der Waals surface area (Å²) in [7, 11) is 0. The van der Waals surface area contributed by atoms with E-state index in [0.29, 0.717) is 0 Å². The van der Waals surface area contributed by atoms with Crippen LogP contribution >= 0.6 is 0 Å². The molecule has 0 bridgehead atoms. The Morgan fingerprint density at radius 2 is 1.82 bits per heavy atom. The van der Waals surface area contributed by atoms with Crippen molar-refractivity contribution in [1.29, 1.82) is 0 Å². The van der Waals surface area contributed by atoms with Crippen molar-refractivity contribution in [1.82, 2.24) is 0 Å². The Bertz CT molecular complexity index is 397. The Hall–Kier alpha value is -1.48.